The van der Waals surface area contributed by atoms with Gasteiger partial charge in [0.25, 0.3) is 0 Å². The summed E-state index contributed by atoms with van der Waals surface area (Å²) in [7, 11) is 0. The highest BCUT2D eigenvalue weighted by molar-refractivity contribution is 6.33. The first-order valence-electron chi connectivity index (χ1n) is 7.07. The van der Waals surface area contributed by atoms with Crippen molar-refractivity contribution in [3.63, 3.8) is 0 Å². The van der Waals surface area contributed by atoms with E-state index in [1.54, 1.807) is 0 Å². The van der Waals surface area contributed by atoms with Crippen LogP contribution in [0.25, 0.3) is 0 Å². The molecule has 0 bridgehead atoms. The summed E-state index contributed by atoms with van der Waals surface area (Å²) in [5, 5.41) is 0.775. The fourth-order valence-electron chi connectivity index (χ4n) is 3.02. The molecule has 104 valence electrons. The third kappa shape index (κ3) is 2.19. The van der Waals surface area contributed by atoms with Crippen molar-refractivity contribution in [2.45, 2.75) is 32.4 Å². The maximum Gasteiger partial charge on any atom is 0.0648 e. The molecule has 0 saturated carbocycles. The van der Waals surface area contributed by atoms with E-state index in [9.17, 15) is 0 Å². The number of hydrogen-bond donors (Lipinski definition) is 1. The first kappa shape index (κ1) is 13.5. The van der Waals surface area contributed by atoms with Crippen LogP contribution in [-0.2, 0) is 13.0 Å². The Hall–Kier alpha value is -1.51. The van der Waals surface area contributed by atoms with Crippen LogP contribution in [0.4, 0.5) is 11.4 Å². The predicted octanol–water partition coefficient (Wildman–Crippen LogP) is 4.27. The van der Waals surface area contributed by atoms with Crippen LogP contribution >= 0.6 is 11.6 Å². The molecule has 1 unspecified atom stereocenters. The first-order valence-corrected chi connectivity index (χ1v) is 7.44. The molecule has 0 aliphatic carbocycles. The van der Waals surface area contributed by atoms with E-state index in [4.69, 9.17) is 17.3 Å². The maximum absolute atomic E-state index is 6.48. The number of nitrogens with zero attached hydrogens (tertiary/aromatic N) is 1. The number of hydrogen-bond acceptors (Lipinski definition) is 2. The van der Waals surface area contributed by atoms with Crippen molar-refractivity contribution in [1.29, 1.82) is 0 Å². The van der Waals surface area contributed by atoms with Crippen molar-refractivity contribution in [1.82, 2.24) is 0 Å². The van der Waals surface area contributed by atoms with Gasteiger partial charge in [-0.1, -0.05) is 41.9 Å². The van der Waals surface area contributed by atoms with Gasteiger partial charge in [0.05, 0.1) is 10.7 Å². The average molecular weight is 287 g/mol. The van der Waals surface area contributed by atoms with Gasteiger partial charge in [-0.15, -0.1) is 0 Å². The van der Waals surface area contributed by atoms with Crippen molar-refractivity contribution >= 4 is 23.0 Å². The molecule has 0 spiro atoms. The Balaban J connectivity index is 2.19. The number of nitrogens with two attached hydrogens (primary N) is 1. The Kier molecular flexibility index (Phi) is 3.68. The second-order valence-corrected chi connectivity index (χ2v) is 5.75. The Morgan fingerprint density at radius 3 is 2.80 bits per heavy atom. The summed E-state index contributed by atoms with van der Waals surface area (Å²) in [5.74, 6) is 0. The number of rotatable bonds is 2. The van der Waals surface area contributed by atoms with Crippen LogP contribution in [-0.4, -0.2) is 6.04 Å². The largest absolute Gasteiger partial charge is 0.337 e. The zero-order valence-electron chi connectivity index (χ0n) is 11.6. The van der Waals surface area contributed by atoms with E-state index < -0.39 is 0 Å². The standard InChI is InChI=1S/C17H19ClN2/c1-12-9-10-13-5-2-3-8-16(13)20(12)17-14(11-19)6-4-7-15(17)18/h2-8,12H,9-11,19H2,1H3. The smallest absolute Gasteiger partial charge is 0.0648 e. The van der Waals surface area contributed by atoms with Crippen LogP contribution in [0.3, 0.4) is 0 Å². The van der Waals surface area contributed by atoms with E-state index in [2.05, 4.69) is 42.2 Å². The lowest BCUT2D eigenvalue weighted by Crippen LogP contribution is -2.34. The Morgan fingerprint density at radius 2 is 2.00 bits per heavy atom. The lowest BCUT2D eigenvalue weighted by molar-refractivity contribution is 0.616. The summed E-state index contributed by atoms with van der Waals surface area (Å²) in [5.41, 5.74) is 10.7. The Morgan fingerprint density at radius 1 is 1.20 bits per heavy atom. The fraction of sp³-hybridized carbons (Fsp3) is 0.294. The molecule has 1 aliphatic heterocycles. The third-order valence-electron chi connectivity index (χ3n) is 4.05. The molecule has 2 aromatic carbocycles. The van der Waals surface area contributed by atoms with Gasteiger partial charge in [0.1, 0.15) is 0 Å². The molecule has 1 atom stereocenters. The monoisotopic (exact) mass is 286 g/mol. The number of benzene rings is 2. The predicted molar refractivity (Wildman–Crippen MR) is 85.7 cm³/mol. The van der Waals surface area contributed by atoms with E-state index in [1.807, 2.05) is 12.1 Å². The second-order valence-electron chi connectivity index (χ2n) is 5.34. The molecule has 0 amide bonds. The Labute approximate surface area is 125 Å². The van der Waals surface area contributed by atoms with E-state index in [1.165, 1.54) is 11.3 Å². The SMILES string of the molecule is CC1CCc2ccccc2N1c1c(Cl)cccc1CN. The fourth-order valence-corrected chi connectivity index (χ4v) is 3.31. The zero-order chi connectivity index (χ0) is 14.1. The van der Waals surface area contributed by atoms with Gasteiger partial charge in [-0.05, 0) is 43.0 Å². The molecule has 3 heteroatoms. The molecule has 3 rings (SSSR count). The molecule has 20 heavy (non-hydrogen) atoms. The molecule has 2 N–H and O–H groups in total. The summed E-state index contributed by atoms with van der Waals surface area (Å²) in [4.78, 5) is 2.35. The van der Waals surface area contributed by atoms with Crippen LogP contribution in [0.2, 0.25) is 5.02 Å². The number of fused-ring (bicyclic) bond motifs is 1. The molecule has 2 nitrogen and oxygen atoms in total. The highest BCUT2D eigenvalue weighted by Gasteiger charge is 2.26. The summed E-state index contributed by atoms with van der Waals surface area (Å²) in [6.45, 7) is 2.75. The molecule has 0 radical (unpaired) electrons. The summed E-state index contributed by atoms with van der Waals surface area (Å²) >= 11 is 6.48. The molecule has 0 fully saturated rings. The highest BCUT2D eigenvalue weighted by atomic mass is 35.5. The number of aryl methyl sites for hydroxylation is 1. The summed E-state index contributed by atoms with van der Waals surface area (Å²) < 4.78 is 0. The molecule has 2 aromatic rings. The van der Waals surface area contributed by atoms with Gasteiger partial charge in [-0.2, -0.15) is 0 Å². The van der Waals surface area contributed by atoms with Gasteiger partial charge in [0.15, 0.2) is 0 Å². The molecule has 1 heterocycles. The van der Waals surface area contributed by atoms with E-state index >= 15 is 0 Å². The third-order valence-corrected chi connectivity index (χ3v) is 4.36. The van der Waals surface area contributed by atoms with Gasteiger partial charge in [0.2, 0.25) is 0 Å². The van der Waals surface area contributed by atoms with Crippen molar-refractivity contribution in [3.05, 3.63) is 58.6 Å². The minimum atomic E-state index is 0.426. The van der Waals surface area contributed by atoms with Crippen molar-refractivity contribution in [2.75, 3.05) is 4.90 Å². The normalized spacial score (nSPS) is 17.9. The minimum Gasteiger partial charge on any atom is -0.337 e. The summed E-state index contributed by atoms with van der Waals surface area (Å²) in [6, 6.07) is 15.0. The van der Waals surface area contributed by atoms with Gasteiger partial charge in [-0.3, -0.25) is 0 Å². The van der Waals surface area contributed by atoms with Crippen LogP contribution in [0.1, 0.15) is 24.5 Å². The molecule has 1 aliphatic rings. The van der Waals surface area contributed by atoms with E-state index in [-0.39, 0.29) is 0 Å². The average Bonchev–Trinajstić information content (AvgIpc) is 2.48. The lowest BCUT2D eigenvalue weighted by atomic mass is 9.95. The van der Waals surface area contributed by atoms with Crippen LogP contribution < -0.4 is 10.6 Å². The van der Waals surface area contributed by atoms with Crippen molar-refractivity contribution < 1.29 is 0 Å². The molecular formula is C17H19ClN2. The van der Waals surface area contributed by atoms with E-state index in [0.29, 0.717) is 12.6 Å². The summed E-state index contributed by atoms with van der Waals surface area (Å²) in [6.07, 6.45) is 2.25. The molecule has 0 saturated heterocycles. The number of halogens is 1. The first-order chi connectivity index (χ1) is 9.72. The van der Waals surface area contributed by atoms with Gasteiger partial charge in [-0.25, -0.2) is 0 Å². The van der Waals surface area contributed by atoms with Crippen LogP contribution in [0.15, 0.2) is 42.5 Å². The Bertz CT molecular complexity index is 624. The topological polar surface area (TPSA) is 29.3 Å². The van der Waals surface area contributed by atoms with Crippen molar-refractivity contribution in [3.8, 4) is 0 Å². The minimum absolute atomic E-state index is 0.426. The van der Waals surface area contributed by atoms with Crippen molar-refractivity contribution in [2.24, 2.45) is 5.73 Å². The van der Waals surface area contributed by atoms with Gasteiger partial charge in [0, 0.05) is 18.3 Å². The van der Waals surface area contributed by atoms with Crippen LogP contribution in [0, 0.1) is 0 Å². The number of para-hydroxylation sites is 2. The van der Waals surface area contributed by atoms with Crippen LogP contribution in [0.5, 0.6) is 0 Å². The zero-order valence-corrected chi connectivity index (χ0v) is 12.4. The van der Waals surface area contributed by atoms with E-state index in [0.717, 1.165) is 29.1 Å². The maximum atomic E-state index is 6.48. The molecular weight excluding hydrogens is 268 g/mol. The van der Waals surface area contributed by atoms with Gasteiger partial charge >= 0.3 is 0 Å². The second kappa shape index (κ2) is 5.47. The molecule has 0 aromatic heterocycles. The number of anilines is 2. The lowest BCUT2D eigenvalue weighted by Gasteiger charge is -2.38. The van der Waals surface area contributed by atoms with Gasteiger partial charge < -0.3 is 10.6 Å². The quantitative estimate of drug-likeness (QED) is 0.893. The highest BCUT2D eigenvalue weighted by Crippen LogP contribution is 2.41.